The molecule has 0 radical (unpaired) electrons. The zero-order chi connectivity index (χ0) is 22.7. The van der Waals surface area contributed by atoms with Gasteiger partial charge in [-0.05, 0) is 31.4 Å². The number of carbonyl (C=O) groups is 2. The third-order valence-corrected chi connectivity index (χ3v) is 6.95. The van der Waals surface area contributed by atoms with Crippen LogP contribution in [0.3, 0.4) is 0 Å². The van der Waals surface area contributed by atoms with Gasteiger partial charge in [-0.3, -0.25) is 23.9 Å². The first-order valence-electron chi connectivity index (χ1n) is 10.1. The van der Waals surface area contributed by atoms with E-state index in [0.29, 0.717) is 26.2 Å². The van der Waals surface area contributed by atoms with Gasteiger partial charge < -0.3 is 10.0 Å². The number of hydrogen-bond acceptors (Lipinski definition) is 7. The topological polar surface area (TPSA) is 107 Å². The van der Waals surface area contributed by atoms with Crippen LogP contribution in [0.4, 0.5) is 5.82 Å². The Labute approximate surface area is 190 Å². The van der Waals surface area contributed by atoms with Gasteiger partial charge in [0.2, 0.25) is 0 Å². The number of aliphatic carboxylic acids is 1. The number of aromatic nitrogens is 1. The van der Waals surface area contributed by atoms with E-state index < -0.39 is 5.97 Å². The Morgan fingerprint density at radius 2 is 1.90 bits per heavy atom. The predicted molar refractivity (Wildman–Crippen MR) is 124 cm³/mol. The maximum atomic E-state index is 12.9. The Bertz CT molecular complexity index is 1060. The highest BCUT2D eigenvalue weighted by atomic mass is 32.2. The SMILES string of the molecule is Cc1c(C=C2SC(=S)N(CCC(=O)O)C2=O)c(N2CCCCCC2)n(C)c(=O)c1C#N. The summed E-state index contributed by atoms with van der Waals surface area (Å²) in [5.41, 5.74) is 0.874. The van der Waals surface area contributed by atoms with Crippen molar-refractivity contribution in [3.63, 3.8) is 0 Å². The quantitative estimate of drug-likeness (QED) is 0.528. The lowest BCUT2D eigenvalue weighted by atomic mass is 10.0. The molecule has 2 aliphatic heterocycles. The van der Waals surface area contributed by atoms with Gasteiger partial charge in [-0.2, -0.15) is 5.26 Å². The molecule has 0 bridgehead atoms. The molecule has 2 fully saturated rings. The number of anilines is 1. The number of carboxylic acids is 1. The fourth-order valence-electron chi connectivity index (χ4n) is 3.91. The van der Waals surface area contributed by atoms with Crippen molar-refractivity contribution < 1.29 is 14.7 Å². The Morgan fingerprint density at radius 3 is 2.48 bits per heavy atom. The van der Waals surface area contributed by atoms with E-state index in [1.165, 1.54) is 9.47 Å². The first-order chi connectivity index (χ1) is 14.8. The second kappa shape index (κ2) is 9.66. The van der Waals surface area contributed by atoms with Crippen LogP contribution in [0.25, 0.3) is 6.08 Å². The van der Waals surface area contributed by atoms with Crippen LogP contribution in [0.1, 0.15) is 48.8 Å². The van der Waals surface area contributed by atoms with Crippen molar-refractivity contribution in [2.24, 2.45) is 7.05 Å². The van der Waals surface area contributed by atoms with E-state index in [1.807, 2.05) is 6.07 Å². The zero-order valence-corrected chi connectivity index (χ0v) is 19.1. The second-order valence-electron chi connectivity index (χ2n) is 7.59. The van der Waals surface area contributed by atoms with Crippen LogP contribution < -0.4 is 10.5 Å². The number of thioether (sulfide) groups is 1. The number of carbonyl (C=O) groups excluding carboxylic acids is 1. The van der Waals surface area contributed by atoms with E-state index in [4.69, 9.17) is 17.3 Å². The molecule has 3 rings (SSSR count). The van der Waals surface area contributed by atoms with Crippen molar-refractivity contribution in [1.29, 1.82) is 5.26 Å². The Hall–Kier alpha value is -2.64. The molecule has 31 heavy (non-hydrogen) atoms. The molecule has 2 aliphatic rings. The maximum absolute atomic E-state index is 12.9. The van der Waals surface area contributed by atoms with Gasteiger partial charge in [-0.25, -0.2) is 0 Å². The highest BCUT2D eigenvalue weighted by molar-refractivity contribution is 8.26. The Balaban J connectivity index is 2.11. The molecule has 10 heteroatoms. The van der Waals surface area contributed by atoms with Crippen molar-refractivity contribution in [1.82, 2.24) is 9.47 Å². The van der Waals surface area contributed by atoms with Crippen molar-refractivity contribution in [2.75, 3.05) is 24.5 Å². The van der Waals surface area contributed by atoms with Gasteiger partial charge in [0.15, 0.2) is 0 Å². The minimum absolute atomic E-state index is 0.00598. The van der Waals surface area contributed by atoms with Gasteiger partial charge in [0, 0.05) is 32.2 Å². The second-order valence-corrected chi connectivity index (χ2v) is 9.27. The van der Waals surface area contributed by atoms with Crippen molar-refractivity contribution in [3.05, 3.63) is 31.9 Å². The number of pyridine rings is 1. The lowest BCUT2D eigenvalue weighted by Gasteiger charge is -2.28. The smallest absolute Gasteiger partial charge is 0.305 e. The van der Waals surface area contributed by atoms with Crippen LogP contribution in [-0.2, 0) is 16.6 Å². The van der Waals surface area contributed by atoms with Crippen LogP contribution in [0.15, 0.2) is 9.70 Å². The van der Waals surface area contributed by atoms with E-state index >= 15 is 0 Å². The number of rotatable bonds is 5. The summed E-state index contributed by atoms with van der Waals surface area (Å²) >= 11 is 6.39. The molecule has 164 valence electrons. The van der Waals surface area contributed by atoms with E-state index in [2.05, 4.69) is 4.90 Å². The molecule has 1 aromatic rings. The van der Waals surface area contributed by atoms with Crippen LogP contribution in [-0.4, -0.2) is 50.4 Å². The van der Waals surface area contributed by atoms with Crippen LogP contribution in [0, 0.1) is 18.3 Å². The maximum Gasteiger partial charge on any atom is 0.305 e. The number of hydrogen-bond donors (Lipinski definition) is 1. The zero-order valence-electron chi connectivity index (χ0n) is 17.5. The third-order valence-electron chi connectivity index (χ3n) is 5.57. The summed E-state index contributed by atoms with van der Waals surface area (Å²) in [6, 6.07) is 2.00. The molecule has 2 saturated heterocycles. The van der Waals surface area contributed by atoms with Gasteiger partial charge in [-0.15, -0.1) is 0 Å². The van der Waals surface area contributed by atoms with Gasteiger partial charge >= 0.3 is 5.97 Å². The fraction of sp³-hybridized carbons (Fsp3) is 0.476. The van der Waals surface area contributed by atoms with Crippen molar-refractivity contribution in [2.45, 2.75) is 39.0 Å². The van der Waals surface area contributed by atoms with Gasteiger partial charge in [0.1, 0.15) is 21.8 Å². The van der Waals surface area contributed by atoms with E-state index in [-0.39, 0.29) is 30.0 Å². The molecule has 0 unspecified atom stereocenters. The first-order valence-corrected chi connectivity index (χ1v) is 11.3. The molecule has 8 nitrogen and oxygen atoms in total. The minimum atomic E-state index is -1.01. The third kappa shape index (κ3) is 4.67. The number of amides is 1. The monoisotopic (exact) mass is 460 g/mol. The number of thiocarbonyl (C=S) groups is 1. The summed E-state index contributed by atoms with van der Waals surface area (Å²) in [5.74, 6) is -0.668. The molecule has 0 aromatic carbocycles. The molecule has 0 spiro atoms. The summed E-state index contributed by atoms with van der Waals surface area (Å²) in [6.45, 7) is 3.31. The molecule has 0 saturated carbocycles. The number of carboxylic acid groups (broad SMARTS) is 1. The molecule has 0 atom stereocenters. The van der Waals surface area contributed by atoms with Crippen LogP contribution >= 0.6 is 24.0 Å². The van der Waals surface area contributed by atoms with E-state index in [0.717, 1.165) is 50.5 Å². The summed E-state index contributed by atoms with van der Waals surface area (Å²) in [7, 11) is 1.65. The standard InChI is InChI=1S/C21H24N4O4S2/c1-13-14(11-16-20(29)25(21(30)31-16)10-7-17(26)27)18(23(2)19(28)15(13)12-22)24-8-5-3-4-6-9-24/h11H,3-10H2,1-2H3,(H,26,27). The van der Waals surface area contributed by atoms with Gasteiger partial charge in [0.05, 0.1) is 11.3 Å². The van der Waals surface area contributed by atoms with E-state index in [9.17, 15) is 19.6 Å². The summed E-state index contributed by atoms with van der Waals surface area (Å²) in [5, 5.41) is 18.5. The van der Waals surface area contributed by atoms with Crippen LogP contribution in [0.2, 0.25) is 0 Å². The molecular formula is C21H24N4O4S2. The molecular weight excluding hydrogens is 436 g/mol. The van der Waals surface area contributed by atoms with Crippen molar-refractivity contribution >= 4 is 52.1 Å². The molecule has 0 aliphatic carbocycles. The lowest BCUT2D eigenvalue weighted by molar-refractivity contribution is -0.137. The molecule has 1 N–H and O–H groups in total. The Kier molecular flexibility index (Phi) is 7.18. The normalized spacial score (nSPS) is 18.4. The molecule has 1 aromatic heterocycles. The molecule has 1 amide bonds. The first kappa shape index (κ1) is 23.0. The van der Waals surface area contributed by atoms with Gasteiger partial charge in [-0.1, -0.05) is 36.8 Å². The average molecular weight is 461 g/mol. The summed E-state index contributed by atoms with van der Waals surface area (Å²) in [6.07, 6.45) is 5.74. The van der Waals surface area contributed by atoms with Crippen LogP contribution in [0.5, 0.6) is 0 Å². The summed E-state index contributed by atoms with van der Waals surface area (Å²) in [4.78, 5) is 40.4. The highest BCUT2D eigenvalue weighted by Gasteiger charge is 2.33. The highest BCUT2D eigenvalue weighted by Crippen LogP contribution is 2.36. The lowest BCUT2D eigenvalue weighted by Crippen LogP contribution is -2.34. The Morgan fingerprint density at radius 1 is 1.26 bits per heavy atom. The minimum Gasteiger partial charge on any atom is -0.481 e. The summed E-state index contributed by atoms with van der Waals surface area (Å²) < 4.78 is 1.80. The number of nitriles is 1. The largest absolute Gasteiger partial charge is 0.481 e. The van der Waals surface area contributed by atoms with E-state index in [1.54, 1.807) is 20.0 Å². The fourth-order valence-corrected chi connectivity index (χ4v) is 5.20. The molecule has 3 heterocycles. The van der Waals surface area contributed by atoms with Gasteiger partial charge in [0.25, 0.3) is 11.5 Å². The van der Waals surface area contributed by atoms with Crippen molar-refractivity contribution in [3.8, 4) is 6.07 Å². The predicted octanol–water partition coefficient (Wildman–Crippen LogP) is 2.62. The average Bonchev–Trinajstić information content (AvgIpc) is 2.90. The number of nitrogens with zero attached hydrogens (tertiary/aromatic N) is 4.